The fourth-order valence-corrected chi connectivity index (χ4v) is 10.1. The van der Waals surface area contributed by atoms with Gasteiger partial charge in [0.25, 0.3) is 11.6 Å². The highest BCUT2D eigenvalue weighted by Gasteiger charge is 2.65. The number of aliphatic hydroxyl groups is 2. The number of fused-ring (bicyclic) bond motifs is 3. The summed E-state index contributed by atoms with van der Waals surface area (Å²) in [6.45, 7) is 4.21. The molecule has 6 atom stereocenters. The Morgan fingerprint density at radius 3 is 2.42 bits per heavy atom. The lowest BCUT2D eigenvalue weighted by molar-refractivity contribution is -0.384. The third-order valence-corrected chi connectivity index (χ3v) is 13.2. The number of hydrogen-bond donors (Lipinski definition) is 2. The maximum atomic E-state index is 14.8. The number of non-ortho nitro benzene ring substituents is 1. The number of unbranched alkanes of at least 4 members (excludes halogenated alkanes) is 2. The number of nitro groups is 1. The first-order valence-electron chi connectivity index (χ1n) is 22.5. The SMILES string of the molecule is C=CCO[C@@]12Oc3ccc(Oc4ccc(OC)c(C=O)c4)cc3[C@H]3[C@H](CCCCO)[C@@H](CCCCO)C=C(C(=NOCc4ccc([N+](=O)[O-])cc4)C[C@@H]1N(C)C(=O)c1ccc4c(c1)OCO4)[C@H]32. The summed E-state index contributed by atoms with van der Waals surface area (Å²) < 4.78 is 37.3. The number of methoxy groups -OCH3 is 1. The van der Waals surface area contributed by atoms with Crippen LogP contribution in [0.3, 0.4) is 0 Å². The minimum absolute atomic E-state index is 0.0124. The van der Waals surface area contributed by atoms with Crippen molar-refractivity contribution in [2.45, 2.75) is 69.3 Å². The number of aliphatic hydroxyl groups excluding tert-OH is 2. The summed E-state index contributed by atoms with van der Waals surface area (Å²) in [5.41, 5.74) is 3.56. The van der Waals surface area contributed by atoms with Crippen molar-refractivity contribution < 1.29 is 58.0 Å². The number of benzene rings is 4. The Bertz CT molecular complexity index is 2530. The van der Waals surface area contributed by atoms with Crippen molar-refractivity contribution in [3.63, 3.8) is 0 Å². The molecule has 0 unspecified atom stereocenters. The lowest BCUT2D eigenvalue weighted by Crippen LogP contribution is -2.69. The van der Waals surface area contributed by atoms with Crippen LogP contribution in [0.2, 0.25) is 0 Å². The fourth-order valence-electron chi connectivity index (χ4n) is 10.1. The van der Waals surface area contributed by atoms with E-state index in [-0.39, 0.29) is 69.0 Å². The van der Waals surface area contributed by atoms with Gasteiger partial charge >= 0.3 is 0 Å². The van der Waals surface area contributed by atoms with Crippen molar-refractivity contribution in [2.24, 2.45) is 22.9 Å². The van der Waals surface area contributed by atoms with Crippen LogP contribution < -0.4 is 23.7 Å². The molecular formula is C51H55N3O13. The van der Waals surface area contributed by atoms with Gasteiger partial charge in [-0.25, -0.2) is 0 Å². The quantitative estimate of drug-likeness (QED) is 0.0265. The number of amides is 1. The Labute approximate surface area is 388 Å². The van der Waals surface area contributed by atoms with E-state index in [1.807, 2.05) is 12.1 Å². The number of aldehydes is 1. The summed E-state index contributed by atoms with van der Waals surface area (Å²) in [5.74, 6) is -0.00695. The van der Waals surface area contributed by atoms with E-state index >= 15 is 0 Å². The standard InChI is InChI=1S/C51H55N3O13/c1-4-23-64-51-47(53(2)50(58)34-13-18-45-46(26-34)63-31-62-45)28-42(52-65-30-32-11-14-36(15-12-32)54(59)60)40-25-33(9-5-7-21-55)39(10-6-8-22-56)48(49(40)51)41-27-38(17-20-44(41)67-51)66-37-16-19-43(61-3)35(24-37)29-57/h4,11-20,24-27,29,33,39,47-49,55-56H,1,5-10,21-23,28,30-31H2,2-3H3/t33-,39+,47-,48+,49+,51+/m0/s1. The van der Waals surface area contributed by atoms with Crippen LogP contribution in [-0.4, -0.2) is 90.5 Å². The monoisotopic (exact) mass is 917 g/mol. The second-order valence-corrected chi connectivity index (χ2v) is 17.1. The first-order chi connectivity index (χ1) is 32.6. The number of oxime groups is 1. The largest absolute Gasteiger partial charge is 0.496 e. The second kappa shape index (κ2) is 20.8. The van der Waals surface area contributed by atoms with Crippen molar-refractivity contribution in [3.8, 4) is 34.5 Å². The number of nitro benzene ring substituents is 1. The molecule has 4 aliphatic rings. The van der Waals surface area contributed by atoms with Crippen LogP contribution in [-0.2, 0) is 16.2 Å². The number of carbonyl (C=O) groups excluding carboxylic acids is 2. The third kappa shape index (κ3) is 9.60. The average molecular weight is 918 g/mol. The summed E-state index contributed by atoms with van der Waals surface area (Å²) in [6.07, 6.45) is 8.88. The Morgan fingerprint density at radius 1 is 0.955 bits per heavy atom. The van der Waals surface area contributed by atoms with Crippen LogP contribution in [0.5, 0.6) is 34.5 Å². The predicted molar refractivity (Wildman–Crippen MR) is 246 cm³/mol. The molecule has 4 aromatic carbocycles. The van der Waals surface area contributed by atoms with E-state index in [4.69, 9.17) is 38.4 Å². The molecule has 352 valence electrons. The van der Waals surface area contributed by atoms with E-state index in [0.717, 1.165) is 36.8 Å². The molecule has 1 saturated carbocycles. The van der Waals surface area contributed by atoms with Gasteiger partial charge in [0.15, 0.2) is 17.8 Å². The maximum Gasteiger partial charge on any atom is 0.269 e. The van der Waals surface area contributed by atoms with E-state index < -0.39 is 22.7 Å². The van der Waals surface area contributed by atoms with E-state index in [9.17, 15) is 29.9 Å². The van der Waals surface area contributed by atoms with Gasteiger partial charge < -0.3 is 48.4 Å². The highest BCUT2D eigenvalue weighted by Crippen LogP contribution is 2.62. The Hall–Kier alpha value is -6.75. The van der Waals surface area contributed by atoms with Gasteiger partial charge in [-0.1, -0.05) is 30.1 Å². The number of ether oxygens (including phenoxy) is 6. The first kappa shape index (κ1) is 46.8. The van der Waals surface area contributed by atoms with E-state index in [2.05, 4.69) is 12.7 Å². The zero-order chi connectivity index (χ0) is 47.1. The van der Waals surface area contributed by atoms with Gasteiger partial charge in [0.1, 0.15) is 35.6 Å². The number of rotatable bonds is 21. The molecule has 16 heteroatoms. The molecule has 2 aliphatic heterocycles. The molecule has 2 heterocycles. The van der Waals surface area contributed by atoms with Gasteiger partial charge in [-0.3, -0.25) is 19.7 Å². The summed E-state index contributed by atoms with van der Waals surface area (Å²) in [4.78, 5) is 45.5. The molecule has 67 heavy (non-hydrogen) atoms. The molecule has 1 fully saturated rings. The van der Waals surface area contributed by atoms with Crippen molar-refractivity contribution in [1.29, 1.82) is 0 Å². The van der Waals surface area contributed by atoms with E-state index in [1.165, 1.54) is 19.2 Å². The maximum absolute atomic E-state index is 14.8. The summed E-state index contributed by atoms with van der Waals surface area (Å²) >= 11 is 0. The summed E-state index contributed by atoms with van der Waals surface area (Å²) in [5, 5.41) is 36.2. The normalized spacial score (nSPS) is 22.7. The molecule has 1 amide bonds. The fraction of sp³-hybridized carbons (Fsp3) is 0.392. The zero-order valence-electron chi connectivity index (χ0n) is 37.5. The smallest absolute Gasteiger partial charge is 0.269 e. The minimum Gasteiger partial charge on any atom is -0.496 e. The number of hydrogen-bond acceptors (Lipinski definition) is 14. The highest BCUT2D eigenvalue weighted by molar-refractivity contribution is 6.03. The van der Waals surface area contributed by atoms with Crippen LogP contribution in [0.1, 0.15) is 82.7 Å². The number of nitrogens with zero attached hydrogens (tertiary/aromatic N) is 3. The van der Waals surface area contributed by atoms with Crippen LogP contribution in [0, 0.1) is 27.9 Å². The molecule has 2 aliphatic carbocycles. The van der Waals surface area contributed by atoms with Gasteiger partial charge in [-0.05, 0) is 115 Å². The van der Waals surface area contributed by atoms with Crippen LogP contribution >= 0.6 is 0 Å². The Kier molecular flexibility index (Phi) is 14.5. The molecule has 2 N–H and O–H groups in total. The molecule has 4 aromatic rings. The first-order valence-corrected chi connectivity index (χ1v) is 22.5. The van der Waals surface area contributed by atoms with Crippen molar-refractivity contribution in [1.82, 2.24) is 4.90 Å². The van der Waals surface area contributed by atoms with Gasteiger partial charge in [-0.2, -0.15) is 0 Å². The van der Waals surface area contributed by atoms with Gasteiger partial charge in [0, 0.05) is 55.9 Å². The number of carbonyl (C=O) groups is 2. The highest BCUT2D eigenvalue weighted by atomic mass is 16.7. The summed E-state index contributed by atoms with van der Waals surface area (Å²) in [7, 11) is 3.21. The number of allylic oxidation sites excluding steroid dienone is 1. The van der Waals surface area contributed by atoms with Gasteiger partial charge in [0.2, 0.25) is 12.6 Å². The van der Waals surface area contributed by atoms with Crippen LogP contribution in [0.4, 0.5) is 5.69 Å². The van der Waals surface area contributed by atoms with Crippen LogP contribution in [0.15, 0.2) is 108 Å². The van der Waals surface area contributed by atoms with Crippen molar-refractivity contribution >= 4 is 23.6 Å². The number of likely N-dealkylation sites (N-methyl/N-ethyl adjacent to an activating group) is 1. The molecule has 0 saturated heterocycles. The predicted octanol–water partition coefficient (Wildman–Crippen LogP) is 8.54. The van der Waals surface area contributed by atoms with Gasteiger partial charge in [0.05, 0.1) is 35.8 Å². The molecule has 8 rings (SSSR count). The topological polar surface area (TPSA) is 198 Å². The molecule has 0 spiro atoms. The summed E-state index contributed by atoms with van der Waals surface area (Å²) in [6, 6.07) is 20.9. The molecular weight excluding hydrogens is 863 g/mol. The van der Waals surface area contributed by atoms with Gasteiger partial charge in [-0.15, -0.1) is 6.58 Å². The molecule has 0 aromatic heterocycles. The molecule has 0 radical (unpaired) electrons. The second-order valence-electron chi connectivity index (χ2n) is 17.1. The van der Waals surface area contributed by atoms with Crippen LogP contribution in [0.25, 0.3) is 0 Å². The molecule has 16 nitrogen and oxygen atoms in total. The Morgan fingerprint density at radius 2 is 1.69 bits per heavy atom. The minimum atomic E-state index is -1.52. The van der Waals surface area contributed by atoms with E-state index in [0.29, 0.717) is 76.0 Å². The van der Waals surface area contributed by atoms with Crippen molar-refractivity contribution in [3.05, 3.63) is 136 Å². The molecule has 0 bridgehead atoms. The van der Waals surface area contributed by atoms with E-state index in [1.54, 1.807) is 72.6 Å². The third-order valence-electron chi connectivity index (χ3n) is 13.2. The lowest BCUT2D eigenvalue weighted by Gasteiger charge is -2.59. The van der Waals surface area contributed by atoms with Crippen molar-refractivity contribution in [2.75, 3.05) is 40.8 Å². The average Bonchev–Trinajstić information content (AvgIpc) is 3.83. The zero-order valence-corrected chi connectivity index (χ0v) is 37.5. The lowest BCUT2D eigenvalue weighted by atomic mass is 9.55. The Balaban J connectivity index is 1.29.